The first-order valence-electron chi connectivity index (χ1n) is 7.52. The summed E-state index contributed by atoms with van der Waals surface area (Å²) >= 11 is 0. The lowest BCUT2D eigenvalue weighted by atomic mass is 9.92. The number of ether oxygens (including phenoxy) is 1. The van der Waals surface area contributed by atoms with Gasteiger partial charge >= 0.3 is 35.7 Å². The molecular formula is C14H9F15N2O. The van der Waals surface area contributed by atoms with E-state index in [0.717, 1.165) is 0 Å². The standard InChI is InChI=1S/C14H9F15N2O/c15-7(8(16)17)9(18,19)10(20,21)11(22,23)12(24,25)13(26,27)14(28,29)32-6-2-1-4(30)3-5(6)31/h1-3,7-8H,30-31H2. The lowest BCUT2D eigenvalue weighted by Gasteiger charge is -2.41. The summed E-state index contributed by atoms with van der Waals surface area (Å²) in [4.78, 5) is 0. The lowest BCUT2D eigenvalue weighted by molar-refractivity contribution is -0.450. The molecule has 0 aliphatic heterocycles. The van der Waals surface area contributed by atoms with Gasteiger partial charge in [-0.05, 0) is 18.2 Å². The molecule has 3 nitrogen and oxygen atoms in total. The first kappa shape index (κ1) is 27.6. The second-order valence-electron chi connectivity index (χ2n) is 6.07. The van der Waals surface area contributed by atoms with Gasteiger partial charge in [0.25, 0.3) is 6.43 Å². The summed E-state index contributed by atoms with van der Waals surface area (Å²) in [5.74, 6) is -41.2. The third kappa shape index (κ3) is 3.91. The van der Waals surface area contributed by atoms with Gasteiger partial charge in [0.1, 0.15) is 5.75 Å². The number of halogens is 15. The molecule has 0 aromatic heterocycles. The molecule has 0 amide bonds. The molecule has 1 aromatic carbocycles. The van der Waals surface area contributed by atoms with Crippen molar-refractivity contribution in [2.24, 2.45) is 0 Å². The number of nitrogen functional groups attached to an aromatic ring is 2. The molecule has 0 aliphatic rings. The monoisotopic (exact) mass is 506 g/mol. The first-order chi connectivity index (χ1) is 14.0. The van der Waals surface area contributed by atoms with Crippen molar-refractivity contribution in [2.75, 3.05) is 11.5 Å². The maximum Gasteiger partial charge on any atom is 0.471 e. The summed E-state index contributed by atoms with van der Waals surface area (Å²) in [5, 5.41) is 0. The molecule has 0 spiro atoms. The van der Waals surface area contributed by atoms with Crippen molar-refractivity contribution in [3.05, 3.63) is 18.2 Å². The summed E-state index contributed by atoms with van der Waals surface area (Å²) in [6.45, 7) is 0. The number of anilines is 2. The highest BCUT2D eigenvalue weighted by atomic mass is 19.4. The van der Waals surface area contributed by atoms with Crippen LogP contribution >= 0.6 is 0 Å². The van der Waals surface area contributed by atoms with Gasteiger partial charge in [-0.2, -0.15) is 52.7 Å². The Morgan fingerprint density at radius 2 is 1.09 bits per heavy atom. The average molecular weight is 506 g/mol. The number of hydrogen-bond acceptors (Lipinski definition) is 3. The predicted molar refractivity (Wildman–Crippen MR) is 76.5 cm³/mol. The highest BCUT2D eigenvalue weighted by molar-refractivity contribution is 5.60. The van der Waals surface area contributed by atoms with Crippen LogP contribution in [0.15, 0.2) is 18.2 Å². The van der Waals surface area contributed by atoms with Crippen LogP contribution in [0.25, 0.3) is 0 Å². The van der Waals surface area contributed by atoms with E-state index in [4.69, 9.17) is 11.5 Å². The second-order valence-corrected chi connectivity index (χ2v) is 6.07. The van der Waals surface area contributed by atoms with Gasteiger partial charge in [-0.15, -0.1) is 0 Å². The Hall–Kier alpha value is -2.43. The van der Waals surface area contributed by atoms with Crippen molar-refractivity contribution in [1.82, 2.24) is 0 Å². The van der Waals surface area contributed by atoms with Gasteiger partial charge < -0.3 is 16.2 Å². The van der Waals surface area contributed by atoms with Crippen LogP contribution in [0.4, 0.5) is 77.2 Å². The maximum absolute atomic E-state index is 13.7. The fourth-order valence-corrected chi connectivity index (χ4v) is 1.98. The molecule has 186 valence electrons. The van der Waals surface area contributed by atoms with Crippen molar-refractivity contribution in [3.8, 4) is 5.75 Å². The van der Waals surface area contributed by atoms with Crippen molar-refractivity contribution in [3.63, 3.8) is 0 Å². The van der Waals surface area contributed by atoms with Gasteiger partial charge in [0.15, 0.2) is 0 Å². The van der Waals surface area contributed by atoms with Crippen molar-refractivity contribution in [1.29, 1.82) is 0 Å². The third-order valence-electron chi connectivity index (χ3n) is 3.81. The van der Waals surface area contributed by atoms with Crippen LogP contribution in [-0.4, -0.2) is 48.3 Å². The lowest BCUT2D eigenvalue weighted by Crippen LogP contribution is -2.72. The minimum atomic E-state index is -8.23. The fraction of sp³-hybridized carbons (Fsp3) is 0.571. The van der Waals surface area contributed by atoms with E-state index in [0.29, 0.717) is 12.1 Å². The maximum atomic E-state index is 13.7. The quantitative estimate of drug-likeness (QED) is 0.339. The highest BCUT2D eigenvalue weighted by Gasteiger charge is 2.92. The predicted octanol–water partition coefficient (Wildman–Crippen LogP) is 5.60. The molecule has 0 aliphatic carbocycles. The van der Waals surface area contributed by atoms with E-state index < -0.39 is 59.8 Å². The van der Waals surface area contributed by atoms with E-state index in [1.165, 1.54) is 0 Å². The fourth-order valence-electron chi connectivity index (χ4n) is 1.98. The molecule has 1 unspecified atom stereocenters. The summed E-state index contributed by atoms with van der Waals surface area (Å²) in [6.07, 6.45) is -17.6. The van der Waals surface area contributed by atoms with Crippen LogP contribution in [0.2, 0.25) is 0 Å². The van der Waals surface area contributed by atoms with E-state index in [1.54, 1.807) is 0 Å². The number of benzene rings is 1. The molecule has 0 bridgehead atoms. The zero-order valence-corrected chi connectivity index (χ0v) is 14.6. The summed E-state index contributed by atoms with van der Waals surface area (Å²) < 4.78 is 201. The molecule has 32 heavy (non-hydrogen) atoms. The summed E-state index contributed by atoms with van der Waals surface area (Å²) in [6, 6.07) is 1.37. The van der Waals surface area contributed by atoms with Crippen LogP contribution in [-0.2, 0) is 0 Å². The molecule has 4 N–H and O–H groups in total. The summed E-state index contributed by atoms with van der Waals surface area (Å²) in [7, 11) is 0. The smallest absolute Gasteiger partial charge is 0.426 e. The molecule has 0 saturated carbocycles. The third-order valence-corrected chi connectivity index (χ3v) is 3.81. The molecule has 0 heterocycles. The molecule has 1 atom stereocenters. The Kier molecular flexibility index (Phi) is 6.78. The van der Waals surface area contributed by atoms with Crippen LogP contribution in [0, 0.1) is 0 Å². The van der Waals surface area contributed by atoms with Crippen LogP contribution in [0.1, 0.15) is 0 Å². The Morgan fingerprint density at radius 3 is 1.50 bits per heavy atom. The molecule has 1 rings (SSSR count). The number of rotatable bonds is 9. The van der Waals surface area contributed by atoms with E-state index in [9.17, 15) is 65.9 Å². The Labute approximate surface area is 167 Å². The highest BCUT2D eigenvalue weighted by Crippen LogP contribution is 2.61. The topological polar surface area (TPSA) is 61.3 Å². The Bertz CT molecular complexity index is 826. The largest absolute Gasteiger partial charge is 0.471 e. The zero-order chi connectivity index (χ0) is 25.7. The van der Waals surface area contributed by atoms with Crippen molar-refractivity contribution >= 4 is 11.4 Å². The first-order valence-corrected chi connectivity index (χ1v) is 7.52. The average Bonchev–Trinajstić information content (AvgIpc) is 2.62. The number of nitrogens with two attached hydrogens (primary N) is 2. The minimum absolute atomic E-state index is 0.240. The van der Waals surface area contributed by atoms with E-state index in [1.807, 2.05) is 0 Å². The molecule has 0 radical (unpaired) electrons. The van der Waals surface area contributed by atoms with Gasteiger partial charge in [0.2, 0.25) is 6.17 Å². The normalized spacial score (nSPS) is 15.8. The summed E-state index contributed by atoms with van der Waals surface area (Å²) in [5.41, 5.74) is 8.72. The van der Waals surface area contributed by atoms with Crippen molar-refractivity contribution in [2.45, 2.75) is 48.3 Å². The second kappa shape index (κ2) is 7.86. The SMILES string of the molecule is Nc1ccc(OC(F)(F)C(F)(F)C(F)(F)C(F)(F)C(F)(F)C(F)(F)C(F)C(F)F)c(N)c1. The molecule has 1 aromatic rings. The molecular weight excluding hydrogens is 497 g/mol. The van der Waals surface area contributed by atoms with Gasteiger partial charge in [0.05, 0.1) is 5.69 Å². The van der Waals surface area contributed by atoms with Crippen molar-refractivity contribution < 1.29 is 70.6 Å². The zero-order valence-electron chi connectivity index (χ0n) is 14.6. The van der Waals surface area contributed by atoms with Gasteiger partial charge in [0, 0.05) is 5.69 Å². The van der Waals surface area contributed by atoms with Gasteiger partial charge in [-0.3, -0.25) is 0 Å². The van der Waals surface area contributed by atoms with Gasteiger partial charge in [-0.25, -0.2) is 13.2 Å². The van der Waals surface area contributed by atoms with E-state index >= 15 is 0 Å². The van der Waals surface area contributed by atoms with Crippen LogP contribution in [0.5, 0.6) is 5.75 Å². The number of alkyl halides is 15. The Morgan fingerprint density at radius 1 is 0.656 bits per heavy atom. The molecule has 0 fully saturated rings. The van der Waals surface area contributed by atoms with Crippen LogP contribution in [0.3, 0.4) is 0 Å². The van der Waals surface area contributed by atoms with Crippen LogP contribution < -0.4 is 16.2 Å². The van der Waals surface area contributed by atoms with E-state index in [2.05, 4.69) is 4.74 Å². The molecule has 0 saturated heterocycles. The van der Waals surface area contributed by atoms with E-state index in [-0.39, 0.29) is 11.8 Å². The number of hydrogen-bond donors (Lipinski definition) is 2. The molecule has 18 heteroatoms. The minimum Gasteiger partial charge on any atom is -0.426 e. The Balaban J connectivity index is 3.51. The van der Waals surface area contributed by atoms with Gasteiger partial charge in [-0.1, -0.05) is 0 Å².